The van der Waals surface area contributed by atoms with Crippen LogP contribution >= 0.6 is 0 Å². The number of nitrogens with zero attached hydrogens (tertiary/aromatic N) is 2. The van der Waals surface area contributed by atoms with Crippen molar-refractivity contribution in [3.8, 4) is 0 Å². The summed E-state index contributed by atoms with van der Waals surface area (Å²) in [5.74, 6) is -0.140. The number of nitro benzene ring substituents is 1. The molecular formula is C18H24N2O3. The largest absolute Gasteiger partial charge is 0.332 e. The van der Waals surface area contributed by atoms with Crippen LogP contribution in [-0.2, 0) is 0 Å². The molecule has 1 aromatic carbocycles. The molecule has 0 unspecified atom stereocenters. The monoisotopic (exact) mass is 316 g/mol. The second kappa shape index (κ2) is 6.69. The quantitative estimate of drug-likeness (QED) is 0.617. The minimum atomic E-state index is -0.413. The Morgan fingerprint density at radius 3 is 2.09 bits per heavy atom. The van der Waals surface area contributed by atoms with E-state index in [4.69, 9.17) is 0 Å². The Hall–Kier alpha value is -1.91. The number of aryl methyl sites for hydroxylation is 1. The van der Waals surface area contributed by atoms with Crippen LogP contribution in [0, 0.1) is 17.0 Å². The summed E-state index contributed by atoms with van der Waals surface area (Å²) < 4.78 is 0. The Balaban J connectivity index is 1.97. The van der Waals surface area contributed by atoms with Crippen molar-refractivity contribution in [1.82, 2.24) is 4.90 Å². The van der Waals surface area contributed by atoms with Crippen molar-refractivity contribution in [2.45, 2.75) is 70.4 Å². The van der Waals surface area contributed by atoms with E-state index in [2.05, 4.69) is 0 Å². The number of carbonyl (C=O) groups is 1. The van der Waals surface area contributed by atoms with Gasteiger partial charge in [-0.05, 0) is 38.7 Å². The molecule has 2 aliphatic carbocycles. The molecule has 124 valence electrons. The zero-order valence-electron chi connectivity index (χ0n) is 13.7. The zero-order chi connectivity index (χ0) is 16.4. The van der Waals surface area contributed by atoms with Crippen LogP contribution in [0.3, 0.4) is 0 Å². The van der Waals surface area contributed by atoms with E-state index in [-0.39, 0.29) is 29.2 Å². The molecule has 0 aliphatic heterocycles. The van der Waals surface area contributed by atoms with Gasteiger partial charge in [0.25, 0.3) is 11.6 Å². The van der Waals surface area contributed by atoms with Crippen LogP contribution in [0.1, 0.15) is 67.3 Å². The summed E-state index contributed by atoms with van der Waals surface area (Å²) in [6.07, 6.45) is 8.72. The molecule has 0 radical (unpaired) electrons. The molecule has 1 aromatic rings. The molecule has 0 heterocycles. The van der Waals surface area contributed by atoms with E-state index in [1.54, 1.807) is 25.1 Å². The zero-order valence-corrected chi connectivity index (χ0v) is 13.7. The maximum absolute atomic E-state index is 13.2. The third kappa shape index (κ3) is 3.09. The first kappa shape index (κ1) is 16.0. The van der Waals surface area contributed by atoms with Gasteiger partial charge in [0.05, 0.1) is 4.92 Å². The predicted molar refractivity (Wildman–Crippen MR) is 88.5 cm³/mol. The van der Waals surface area contributed by atoms with Crippen molar-refractivity contribution in [2.75, 3.05) is 0 Å². The molecule has 5 heteroatoms. The fourth-order valence-electron chi connectivity index (χ4n) is 4.21. The third-order valence-electron chi connectivity index (χ3n) is 5.32. The lowest BCUT2D eigenvalue weighted by Crippen LogP contribution is -2.45. The molecular weight excluding hydrogens is 292 g/mol. The van der Waals surface area contributed by atoms with Crippen LogP contribution in [0.4, 0.5) is 5.69 Å². The van der Waals surface area contributed by atoms with Gasteiger partial charge in [-0.25, -0.2) is 0 Å². The fraction of sp³-hybridized carbons (Fsp3) is 0.611. The first-order valence-electron chi connectivity index (χ1n) is 8.66. The molecule has 2 aliphatic rings. The van der Waals surface area contributed by atoms with E-state index in [1.165, 1.54) is 0 Å². The Morgan fingerprint density at radius 2 is 1.61 bits per heavy atom. The van der Waals surface area contributed by atoms with E-state index in [9.17, 15) is 14.9 Å². The van der Waals surface area contributed by atoms with E-state index in [0.717, 1.165) is 51.4 Å². The average molecular weight is 316 g/mol. The summed E-state index contributed by atoms with van der Waals surface area (Å²) in [7, 11) is 0. The lowest BCUT2D eigenvalue weighted by atomic mass is 10.0. The molecule has 0 bridgehead atoms. The van der Waals surface area contributed by atoms with Crippen LogP contribution in [-0.4, -0.2) is 27.8 Å². The molecule has 5 nitrogen and oxygen atoms in total. The maximum atomic E-state index is 13.2. The number of rotatable bonds is 4. The Labute approximate surface area is 136 Å². The van der Waals surface area contributed by atoms with Crippen molar-refractivity contribution < 1.29 is 9.72 Å². The van der Waals surface area contributed by atoms with Crippen LogP contribution in [0.25, 0.3) is 0 Å². The highest BCUT2D eigenvalue weighted by atomic mass is 16.6. The van der Waals surface area contributed by atoms with E-state index >= 15 is 0 Å². The van der Waals surface area contributed by atoms with Crippen LogP contribution in [0.15, 0.2) is 18.2 Å². The van der Waals surface area contributed by atoms with Gasteiger partial charge in [0.2, 0.25) is 0 Å². The van der Waals surface area contributed by atoms with Gasteiger partial charge in [-0.2, -0.15) is 0 Å². The standard InChI is InChI=1S/C18H24N2O3/c1-13-7-6-12-16(17(13)20(22)23)18(21)19(14-8-2-3-9-14)15-10-4-5-11-15/h6-7,12,14-15H,2-5,8-11H2,1H3. The van der Waals surface area contributed by atoms with Crippen molar-refractivity contribution >= 4 is 11.6 Å². The van der Waals surface area contributed by atoms with Crippen LogP contribution in [0.5, 0.6) is 0 Å². The molecule has 1 amide bonds. The number of amides is 1. The number of para-hydroxylation sites is 1. The number of hydrogen-bond acceptors (Lipinski definition) is 3. The van der Waals surface area contributed by atoms with Crippen molar-refractivity contribution in [3.05, 3.63) is 39.4 Å². The van der Waals surface area contributed by atoms with Gasteiger partial charge in [0, 0.05) is 17.6 Å². The Kier molecular flexibility index (Phi) is 4.64. The van der Waals surface area contributed by atoms with Gasteiger partial charge in [-0.15, -0.1) is 0 Å². The molecule has 3 rings (SSSR count). The van der Waals surface area contributed by atoms with E-state index in [1.807, 2.05) is 4.90 Å². The third-order valence-corrected chi connectivity index (χ3v) is 5.32. The van der Waals surface area contributed by atoms with Crippen molar-refractivity contribution in [1.29, 1.82) is 0 Å². The Morgan fingerprint density at radius 1 is 1.09 bits per heavy atom. The minimum absolute atomic E-state index is 0.0292. The summed E-state index contributed by atoms with van der Waals surface area (Å²) in [6, 6.07) is 5.57. The normalized spacial score (nSPS) is 19.2. The van der Waals surface area contributed by atoms with E-state index < -0.39 is 4.92 Å². The molecule has 0 atom stereocenters. The van der Waals surface area contributed by atoms with E-state index in [0.29, 0.717) is 5.56 Å². The highest BCUT2D eigenvalue weighted by Crippen LogP contribution is 2.34. The van der Waals surface area contributed by atoms with Gasteiger partial charge in [0.1, 0.15) is 5.56 Å². The van der Waals surface area contributed by atoms with Gasteiger partial charge in [-0.3, -0.25) is 14.9 Å². The van der Waals surface area contributed by atoms with Crippen molar-refractivity contribution in [2.24, 2.45) is 0 Å². The predicted octanol–water partition coefficient (Wildman–Crippen LogP) is 4.23. The summed E-state index contributed by atoms with van der Waals surface area (Å²) >= 11 is 0. The molecule has 0 spiro atoms. The summed E-state index contributed by atoms with van der Waals surface area (Å²) in [4.78, 5) is 26.3. The second-order valence-corrected chi connectivity index (χ2v) is 6.82. The SMILES string of the molecule is Cc1cccc(C(=O)N(C2CCCC2)C2CCCC2)c1[N+](=O)[O-]. The van der Waals surface area contributed by atoms with Gasteiger partial charge < -0.3 is 4.90 Å². The minimum Gasteiger partial charge on any atom is -0.332 e. The summed E-state index contributed by atoms with van der Waals surface area (Å²) in [5, 5.41) is 11.4. The highest BCUT2D eigenvalue weighted by molar-refractivity contribution is 5.99. The fourth-order valence-corrected chi connectivity index (χ4v) is 4.21. The molecule has 23 heavy (non-hydrogen) atoms. The first-order chi connectivity index (χ1) is 11.1. The van der Waals surface area contributed by atoms with Gasteiger partial charge in [0.15, 0.2) is 0 Å². The highest BCUT2D eigenvalue weighted by Gasteiger charge is 2.37. The van der Waals surface area contributed by atoms with Crippen molar-refractivity contribution in [3.63, 3.8) is 0 Å². The smallest absolute Gasteiger partial charge is 0.285 e. The molecule has 0 aromatic heterocycles. The lowest BCUT2D eigenvalue weighted by molar-refractivity contribution is -0.385. The molecule has 2 fully saturated rings. The average Bonchev–Trinajstić information content (AvgIpc) is 3.20. The topological polar surface area (TPSA) is 63.5 Å². The van der Waals surface area contributed by atoms with Gasteiger partial charge >= 0.3 is 0 Å². The summed E-state index contributed by atoms with van der Waals surface area (Å²) in [6.45, 7) is 1.70. The number of nitro groups is 1. The molecule has 0 saturated heterocycles. The number of hydrogen-bond donors (Lipinski definition) is 0. The van der Waals surface area contributed by atoms with Crippen LogP contribution < -0.4 is 0 Å². The van der Waals surface area contributed by atoms with Crippen LogP contribution in [0.2, 0.25) is 0 Å². The lowest BCUT2D eigenvalue weighted by Gasteiger charge is -2.34. The number of carbonyl (C=O) groups excluding carboxylic acids is 1. The molecule has 0 N–H and O–H groups in total. The first-order valence-corrected chi connectivity index (χ1v) is 8.66. The Bertz CT molecular complexity index is 586. The van der Waals surface area contributed by atoms with Gasteiger partial charge in [-0.1, -0.05) is 37.8 Å². The maximum Gasteiger partial charge on any atom is 0.285 e. The summed E-state index contributed by atoms with van der Waals surface area (Å²) in [5.41, 5.74) is 0.783. The molecule has 2 saturated carbocycles. The second-order valence-electron chi connectivity index (χ2n) is 6.82. The number of benzene rings is 1.